The second-order valence-electron chi connectivity index (χ2n) is 6.28. The van der Waals surface area contributed by atoms with E-state index < -0.39 is 0 Å². The molecule has 0 bridgehead atoms. The fourth-order valence-electron chi connectivity index (χ4n) is 2.80. The zero-order valence-electron chi connectivity index (χ0n) is 14.6. The number of carbonyl (C=O) groups is 1. The van der Waals surface area contributed by atoms with Gasteiger partial charge in [-0.2, -0.15) is 0 Å². The van der Waals surface area contributed by atoms with Gasteiger partial charge in [-0.1, -0.05) is 12.1 Å². The Labute approximate surface area is 166 Å². The zero-order chi connectivity index (χ0) is 16.8. The van der Waals surface area contributed by atoms with E-state index >= 15 is 0 Å². The van der Waals surface area contributed by atoms with Crippen LogP contribution >= 0.6 is 24.0 Å². The van der Waals surface area contributed by atoms with Crippen molar-refractivity contribution in [1.82, 2.24) is 16.0 Å². The number of hydrogen-bond donors (Lipinski definition) is 3. The van der Waals surface area contributed by atoms with Gasteiger partial charge >= 0.3 is 0 Å². The van der Waals surface area contributed by atoms with Crippen molar-refractivity contribution in [3.63, 3.8) is 0 Å². The summed E-state index contributed by atoms with van der Waals surface area (Å²) >= 11 is 0. The molecule has 0 saturated heterocycles. The van der Waals surface area contributed by atoms with Gasteiger partial charge in [-0.05, 0) is 36.5 Å². The number of amides is 1. The first-order valence-corrected chi connectivity index (χ1v) is 8.73. The maximum absolute atomic E-state index is 11.5. The van der Waals surface area contributed by atoms with Crippen molar-refractivity contribution >= 4 is 35.8 Å². The summed E-state index contributed by atoms with van der Waals surface area (Å²) in [5, 5.41) is 9.45. The number of hydrogen-bond acceptors (Lipinski definition) is 3. The van der Waals surface area contributed by atoms with Crippen LogP contribution in [0, 0.1) is 5.92 Å². The number of aliphatic imine (C=N–C) groups is 1. The second-order valence-corrected chi connectivity index (χ2v) is 6.28. The molecule has 0 atom stereocenters. The van der Waals surface area contributed by atoms with Crippen molar-refractivity contribution in [2.75, 3.05) is 33.3 Å². The predicted molar refractivity (Wildman–Crippen MR) is 110 cm³/mol. The highest BCUT2D eigenvalue weighted by Crippen LogP contribution is 2.28. The predicted octanol–water partition coefficient (Wildman–Crippen LogP) is 1.47. The summed E-state index contributed by atoms with van der Waals surface area (Å²) < 4.78 is 5.53. The van der Waals surface area contributed by atoms with E-state index in [1.165, 1.54) is 11.1 Å². The quantitative estimate of drug-likeness (QED) is 0.251. The third-order valence-electron chi connectivity index (χ3n) is 4.35. The maximum Gasteiger partial charge on any atom is 0.223 e. The van der Waals surface area contributed by atoms with Gasteiger partial charge in [0.15, 0.2) is 5.96 Å². The van der Waals surface area contributed by atoms with Gasteiger partial charge < -0.3 is 20.7 Å². The highest BCUT2D eigenvalue weighted by atomic mass is 127. The Bertz CT molecular complexity index is 617. The highest BCUT2D eigenvalue weighted by Gasteiger charge is 2.28. The summed E-state index contributed by atoms with van der Waals surface area (Å²) in [7, 11) is 1.75. The molecule has 6 nitrogen and oxygen atoms in total. The molecule has 1 aromatic rings. The molecule has 0 aromatic heterocycles. The number of halogens is 1. The SMILES string of the molecule is CN=C(NCCNC(=O)C1CC1)NCCc1ccc2c(c1)CCO2.I. The van der Waals surface area contributed by atoms with Crippen molar-refractivity contribution in [2.45, 2.75) is 25.7 Å². The van der Waals surface area contributed by atoms with E-state index in [9.17, 15) is 4.79 Å². The molecule has 1 fully saturated rings. The van der Waals surface area contributed by atoms with E-state index in [0.717, 1.165) is 50.5 Å². The number of fused-ring (bicyclic) bond motifs is 1. The van der Waals surface area contributed by atoms with Crippen LogP contribution in [0.15, 0.2) is 23.2 Å². The summed E-state index contributed by atoms with van der Waals surface area (Å²) in [6, 6.07) is 6.41. The number of ether oxygens (including phenoxy) is 1. The summed E-state index contributed by atoms with van der Waals surface area (Å²) in [6.45, 7) is 2.91. The summed E-state index contributed by atoms with van der Waals surface area (Å²) in [5.74, 6) is 2.23. The number of guanidine groups is 1. The van der Waals surface area contributed by atoms with Crippen molar-refractivity contribution in [3.05, 3.63) is 29.3 Å². The molecule has 1 amide bonds. The van der Waals surface area contributed by atoms with Crippen LogP contribution in [0.25, 0.3) is 0 Å². The standard InChI is InChI=1S/C18H26N4O2.HI/c1-19-18(22-10-9-20-17(23)14-3-4-14)21-8-6-13-2-5-16-15(12-13)7-11-24-16;/h2,5,12,14H,3-4,6-11H2,1H3,(H,20,23)(H2,19,21,22);1H. The van der Waals surface area contributed by atoms with Gasteiger partial charge in [0.2, 0.25) is 5.91 Å². The number of carbonyl (C=O) groups excluding carboxylic acids is 1. The van der Waals surface area contributed by atoms with Gasteiger partial charge in [-0.15, -0.1) is 24.0 Å². The molecule has 138 valence electrons. The molecule has 0 unspecified atom stereocenters. The van der Waals surface area contributed by atoms with Crippen molar-refractivity contribution < 1.29 is 9.53 Å². The number of benzene rings is 1. The molecular formula is C18H27IN4O2. The first-order valence-electron chi connectivity index (χ1n) is 8.73. The highest BCUT2D eigenvalue weighted by molar-refractivity contribution is 14.0. The molecule has 1 saturated carbocycles. The lowest BCUT2D eigenvalue weighted by atomic mass is 10.1. The van der Waals surface area contributed by atoms with Crippen LogP contribution < -0.4 is 20.7 Å². The minimum atomic E-state index is 0. The van der Waals surface area contributed by atoms with E-state index in [1.54, 1.807) is 7.05 Å². The Hall–Kier alpha value is -1.51. The van der Waals surface area contributed by atoms with Crippen LogP contribution in [0.5, 0.6) is 5.75 Å². The normalized spacial score (nSPS) is 15.6. The number of nitrogens with zero attached hydrogens (tertiary/aromatic N) is 1. The maximum atomic E-state index is 11.5. The molecule has 1 heterocycles. The first-order chi connectivity index (χ1) is 11.8. The van der Waals surface area contributed by atoms with Gasteiger partial charge in [-0.25, -0.2) is 0 Å². The fraction of sp³-hybridized carbons (Fsp3) is 0.556. The van der Waals surface area contributed by atoms with Crippen LogP contribution in [0.1, 0.15) is 24.0 Å². The van der Waals surface area contributed by atoms with Crippen LogP contribution in [0.4, 0.5) is 0 Å². The molecule has 25 heavy (non-hydrogen) atoms. The Balaban J connectivity index is 0.00000225. The second kappa shape index (κ2) is 9.84. The van der Waals surface area contributed by atoms with E-state index in [1.807, 2.05) is 0 Å². The first kappa shape index (κ1) is 19.8. The molecule has 2 aliphatic rings. The van der Waals surface area contributed by atoms with Crippen molar-refractivity contribution in [3.8, 4) is 5.75 Å². The van der Waals surface area contributed by atoms with Gasteiger partial charge in [0.1, 0.15) is 5.75 Å². The Morgan fingerprint density at radius 2 is 1.96 bits per heavy atom. The van der Waals surface area contributed by atoms with E-state index in [2.05, 4.69) is 39.1 Å². The van der Waals surface area contributed by atoms with Crippen LogP contribution in [0.2, 0.25) is 0 Å². The average molecular weight is 458 g/mol. The molecule has 3 N–H and O–H groups in total. The molecule has 1 aliphatic carbocycles. The zero-order valence-corrected chi connectivity index (χ0v) is 17.0. The molecular weight excluding hydrogens is 431 g/mol. The topological polar surface area (TPSA) is 74.8 Å². The smallest absolute Gasteiger partial charge is 0.223 e. The van der Waals surface area contributed by atoms with Crippen LogP contribution in [0.3, 0.4) is 0 Å². The average Bonchev–Trinajstić information content (AvgIpc) is 3.35. The van der Waals surface area contributed by atoms with Gasteiger partial charge in [0.25, 0.3) is 0 Å². The third-order valence-corrected chi connectivity index (χ3v) is 4.35. The summed E-state index contributed by atoms with van der Waals surface area (Å²) in [5.41, 5.74) is 2.61. The van der Waals surface area contributed by atoms with Crippen molar-refractivity contribution in [1.29, 1.82) is 0 Å². The molecule has 3 rings (SSSR count). The van der Waals surface area contributed by atoms with Gasteiger partial charge in [0.05, 0.1) is 6.61 Å². The number of nitrogens with one attached hydrogen (secondary N) is 3. The molecule has 1 aliphatic heterocycles. The summed E-state index contributed by atoms with van der Waals surface area (Å²) in [6.07, 6.45) is 4.02. The van der Waals surface area contributed by atoms with E-state index in [4.69, 9.17) is 4.74 Å². The minimum Gasteiger partial charge on any atom is -0.493 e. The van der Waals surface area contributed by atoms with E-state index in [-0.39, 0.29) is 35.8 Å². The molecule has 7 heteroatoms. The molecule has 0 spiro atoms. The van der Waals surface area contributed by atoms with Crippen molar-refractivity contribution in [2.24, 2.45) is 10.9 Å². The molecule has 1 aromatic carbocycles. The lowest BCUT2D eigenvalue weighted by Crippen LogP contribution is -2.42. The Kier molecular flexibility index (Phi) is 7.80. The Morgan fingerprint density at radius 3 is 2.72 bits per heavy atom. The minimum absolute atomic E-state index is 0. The fourth-order valence-corrected chi connectivity index (χ4v) is 2.80. The lowest BCUT2D eigenvalue weighted by molar-refractivity contribution is -0.122. The Morgan fingerprint density at radius 1 is 1.20 bits per heavy atom. The third kappa shape index (κ3) is 6.05. The van der Waals surface area contributed by atoms with Crippen LogP contribution in [-0.4, -0.2) is 45.2 Å². The largest absolute Gasteiger partial charge is 0.493 e. The lowest BCUT2D eigenvalue weighted by Gasteiger charge is -2.12. The monoisotopic (exact) mass is 458 g/mol. The summed E-state index contributed by atoms with van der Waals surface area (Å²) in [4.78, 5) is 15.7. The van der Waals surface area contributed by atoms with Gasteiger partial charge in [-0.3, -0.25) is 9.79 Å². The van der Waals surface area contributed by atoms with Crippen LogP contribution in [-0.2, 0) is 17.6 Å². The number of rotatable bonds is 7. The van der Waals surface area contributed by atoms with E-state index in [0.29, 0.717) is 13.1 Å². The van der Waals surface area contributed by atoms with Gasteiger partial charge in [0, 0.05) is 39.0 Å². The molecule has 0 radical (unpaired) electrons.